The summed E-state index contributed by atoms with van der Waals surface area (Å²) in [5.74, 6) is 0.258. The minimum atomic E-state index is -3.59. The summed E-state index contributed by atoms with van der Waals surface area (Å²) >= 11 is 0. The number of hydrogen-bond acceptors (Lipinski definition) is 6. The molecule has 2 aromatic carbocycles. The largest absolute Gasteiger partial charge is 0.383 e. The number of rotatable bonds is 9. The Hall–Kier alpha value is -3.20. The molecule has 0 aliphatic heterocycles. The van der Waals surface area contributed by atoms with Crippen LogP contribution in [-0.2, 0) is 21.5 Å². The van der Waals surface area contributed by atoms with Gasteiger partial charge >= 0.3 is 10.1 Å². The Morgan fingerprint density at radius 2 is 1.73 bits per heavy atom. The maximum atomic E-state index is 12.7. The molecule has 160 valence electrons. The van der Waals surface area contributed by atoms with Crippen LogP contribution in [0.4, 0.5) is 5.69 Å². The van der Waals surface area contributed by atoms with Crippen molar-refractivity contribution in [3.05, 3.63) is 75.8 Å². The summed E-state index contributed by atoms with van der Waals surface area (Å²) < 4.78 is 27.2. The van der Waals surface area contributed by atoms with Crippen LogP contribution in [0.25, 0.3) is 6.08 Å². The van der Waals surface area contributed by atoms with Crippen molar-refractivity contribution in [3.8, 4) is 5.75 Å². The van der Waals surface area contributed by atoms with E-state index in [0.717, 1.165) is 11.8 Å². The van der Waals surface area contributed by atoms with Crippen molar-refractivity contribution in [1.82, 2.24) is 4.90 Å². The minimum Gasteiger partial charge on any atom is -0.383 e. The molecule has 2 aromatic rings. The molecule has 1 amide bonds. The summed E-state index contributed by atoms with van der Waals surface area (Å²) in [4.78, 5) is 24.6. The van der Waals surface area contributed by atoms with Gasteiger partial charge in [-0.2, -0.15) is 8.42 Å². The fourth-order valence-corrected chi connectivity index (χ4v) is 3.16. The van der Waals surface area contributed by atoms with Gasteiger partial charge in [-0.3, -0.25) is 14.9 Å². The summed E-state index contributed by atoms with van der Waals surface area (Å²) in [5, 5.41) is 10.7. The van der Waals surface area contributed by atoms with E-state index in [-0.39, 0.29) is 23.3 Å². The molecular weight excluding hydrogens is 408 g/mol. The van der Waals surface area contributed by atoms with E-state index in [0.29, 0.717) is 18.7 Å². The predicted octanol–water partition coefficient (Wildman–Crippen LogP) is 3.63. The third-order valence-electron chi connectivity index (χ3n) is 3.96. The van der Waals surface area contributed by atoms with Gasteiger partial charge in [-0.25, -0.2) is 0 Å². The molecule has 0 spiro atoms. The first-order chi connectivity index (χ1) is 14.0. The van der Waals surface area contributed by atoms with Crippen molar-refractivity contribution < 1.29 is 22.3 Å². The van der Waals surface area contributed by atoms with Gasteiger partial charge in [0.15, 0.2) is 0 Å². The van der Waals surface area contributed by atoms with E-state index in [2.05, 4.69) is 0 Å². The minimum absolute atomic E-state index is 0.0109. The van der Waals surface area contributed by atoms with E-state index in [1.807, 2.05) is 13.8 Å². The van der Waals surface area contributed by atoms with Crippen LogP contribution >= 0.6 is 0 Å². The molecule has 0 radical (unpaired) electrons. The molecule has 0 aliphatic rings. The Morgan fingerprint density at radius 3 is 2.23 bits per heavy atom. The molecule has 30 heavy (non-hydrogen) atoms. The fraction of sp³-hybridized carbons (Fsp3) is 0.286. The lowest BCUT2D eigenvalue weighted by atomic mass is 10.1. The number of non-ortho nitro benzene ring substituents is 1. The highest BCUT2D eigenvalue weighted by atomic mass is 32.2. The third kappa shape index (κ3) is 7.67. The molecule has 8 nitrogen and oxygen atoms in total. The van der Waals surface area contributed by atoms with Crippen LogP contribution in [0.2, 0.25) is 0 Å². The van der Waals surface area contributed by atoms with Crippen LogP contribution in [0.3, 0.4) is 0 Å². The van der Waals surface area contributed by atoms with E-state index < -0.39 is 15.0 Å². The van der Waals surface area contributed by atoms with Crippen molar-refractivity contribution in [2.75, 3.05) is 12.8 Å². The number of benzene rings is 2. The fourth-order valence-electron chi connectivity index (χ4n) is 2.70. The van der Waals surface area contributed by atoms with E-state index in [4.69, 9.17) is 4.18 Å². The maximum absolute atomic E-state index is 12.7. The lowest BCUT2D eigenvalue weighted by molar-refractivity contribution is -0.384. The van der Waals surface area contributed by atoms with Crippen LogP contribution in [0, 0.1) is 16.0 Å². The average Bonchev–Trinajstić information content (AvgIpc) is 2.66. The number of nitro benzene ring substituents is 1. The maximum Gasteiger partial charge on any atom is 0.306 e. The number of hydrogen-bond donors (Lipinski definition) is 0. The number of carbonyl (C=O) groups excluding carboxylic acids is 1. The van der Waals surface area contributed by atoms with Gasteiger partial charge in [-0.15, -0.1) is 0 Å². The normalized spacial score (nSPS) is 11.6. The zero-order valence-corrected chi connectivity index (χ0v) is 17.8. The molecule has 0 aliphatic carbocycles. The Morgan fingerprint density at radius 1 is 1.13 bits per heavy atom. The highest BCUT2D eigenvalue weighted by Crippen LogP contribution is 2.17. The zero-order chi connectivity index (χ0) is 22.3. The van der Waals surface area contributed by atoms with Crippen molar-refractivity contribution in [3.63, 3.8) is 0 Å². The predicted molar refractivity (Wildman–Crippen MR) is 114 cm³/mol. The van der Waals surface area contributed by atoms with Crippen LogP contribution in [0.5, 0.6) is 5.75 Å². The van der Waals surface area contributed by atoms with E-state index >= 15 is 0 Å². The first-order valence-electron chi connectivity index (χ1n) is 9.23. The van der Waals surface area contributed by atoms with Crippen molar-refractivity contribution in [1.29, 1.82) is 0 Å². The van der Waals surface area contributed by atoms with Crippen molar-refractivity contribution in [2.24, 2.45) is 5.92 Å². The van der Waals surface area contributed by atoms with Gasteiger partial charge in [0.25, 0.3) is 5.69 Å². The van der Waals surface area contributed by atoms with E-state index in [9.17, 15) is 23.3 Å². The smallest absolute Gasteiger partial charge is 0.306 e. The first kappa shape index (κ1) is 23.1. The summed E-state index contributed by atoms with van der Waals surface area (Å²) in [6, 6.07) is 12.4. The molecule has 0 unspecified atom stereocenters. The van der Waals surface area contributed by atoms with Crippen LogP contribution in [0.15, 0.2) is 54.6 Å². The van der Waals surface area contributed by atoms with Gasteiger partial charge in [-0.1, -0.05) is 26.0 Å². The van der Waals surface area contributed by atoms with Gasteiger partial charge < -0.3 is 9.08 Å². The summed E-state index contributed by atoms with van der Waals surface area (Å²) in [6.45, 7) is 4.89. The van der Waals surface area contributed by atoms with Crippen LogP contribution in [0.1, 0.15) is 25.0 Å². The van der Waals surface area contributed by atoms with Crippen LogP contribution in [-0.4, -0.2) is 36.9 Å². The molecule has 0 fully saturated rings. The zero-order valence-electron chi connectivity index (χ0n) is 17.0. The highest BCUT2D eigenvalue weighted by Gasteiger charge is 2.14. The van der Waals surface area contributed by atoms with Crippen molar-refractivity contribution in [2.45, 2.75) is 20.4 Å². The third-order valence-corrected chi connectivity index (χ3v) is 4.46. The molecule has 0 atom stereocenters. The molecule has 0 aromatic heterocycles. The molecule has 0 bridgehead atoms. The molecule has 0 heterocycles. The topological polar surface area (TPSA) is 107 Å². The second-order valence-corrected chi connectivity index (χ2v) is 8.80. The first-order valence-corrected chi connectivity index (χ1v) is 11.0. The van der Waals surface area contributed by atoms with Gasteiger partial charge in [0.05, 0.1) is 11.2 Å². The summed E-state index contributed by atoms with van der Waals surface area (Å²) in [6.07, 6.45) is 4.02. The average molecular weight is 432 g/mol. The van der Waals surface area contributed by atoms with Gasteiger partial charge in [0, 0.05) is 31.3 Å². The lowest BCUT2D eigenvalue weighted by Crippen LogP contribution is -2.32. The van der Waals surface area contributed by atoms with E-state index in [1.165, 1.54) is 18.2 Å². The molecular formula is C21H24N2O6S. The van der Waals surface area contributed by atoms with Gasteiger partial charge in [-0.05, 0) is 47.4 Å². The van der Waals surface area contributed by atoms with E-state index in [1.54, 1.807) is 47.4 Å². The standard InChI is InChI=1S/C21H24N2O6S/c1-16(2)14-22(15-18-6-11-20(12-7-18)29-30(3,27)28)21(24)13-8-17-4-9-19(10-5-17)23(25)26/h4-13,16H,14-15H2,1-3H3/b13-8+. The van der Waals surface area contributed by atoms with Gasteiger partial charge in [0.2, 0.25) is 5.91 Å². The second-order valence-electron chi connectivity index (χ2n) is 7.23. The SMILES string of the molecule is CC(C)CN(Cc1ccc(OS(C)(=O)=O)cc1)C(=O)/C=C/c1ccc([N+](=O)[O-])cc1. The molecule has 2 rings (SSSR count). The molecule has 9 heteroatoms. The summed E-state index contributed by atoms with van der Waals surface area (Å²) in [7, 11) is -3.59. The molecule has 0 N–H and O–H groups in total. The summed E-state index contributed by atoms with van der Waals surface area (Å²) in [5.41, 5.74) is 1.50. The number of amides is 1. The van der Waals surface area contributed by atoms with Crippen molar-refractivity contribution >= 4 is 27.8 Å². The van der Waals surface area contributed by atoms with Crippen LogP contribution < -0.4 is 4.18 Å². The number of carbonyl (C=O) groups is 1. The molecule has 0 saturated carbocycles. The Kier molecular flexibility index (Phi) is 7.71. The Bertz CT molecular complexity index is 1010. The molecule has 0 saturated heterocycles. The number of nitro groups is 1. The Labute approximate surface area is 176 Å². The lowest BCUT2D eigenvalue weighted by Gasteiger charge is -2.23. The number of nitrogens with zero attached hydrogens (tertiary/aromatic N) is 2. The highest BCUT2D eigenvalue weighted by molar-refractivity contribution is 7.86. The monoisotopic (exact) mass is 432 g/mol. The second kappa shape index (κ2) is 10.0. The Balaban J connectivity index is 2.10. The van der Waals surface area contributed by atoms with Gasteiger partial charge in [0.1, 0.15) is 5.75 Å². The quantitative estimate of drug-likeness (QED) is 0.259.